The molecule has 0 saturated carbocycles. The zero-order chi connectivity index (χ0) is 9.68. The van der Waals surface area contributed by atoms with Crippen LogP contribution in [-0.4, -0.2) is 21.1 Å². The van der Waals surface area contributed by atoms with Crippen LogP contribution >= 0.6 is 12.2 Å². The minimum Gasteiger partial charge on any atom is -0.393 e. The van der Waals surface area contributed by atoms with Gasteiger partial charge in [-0.2, -0.15) is 5.10 Å². The van der Waals surface area contributed by atoms with Gasteiger partial charge < -0.3 is 11.1 Å². The van der Waals surface area contributed by atoms with Gasteiger partial charge >= 0.3 is 0 Å². The van der Waals surface area contributed by atoms with Gasteiger partial charge in [-0.15, -0.1) is 5.10 Å². The molecule has 0 spiro atoms. The lowest BCUT2D eigenvalue weighted by molar-refractivity contribution is -0.115. The first-order valence-corrected chi connectivity index (χ1v) is 3.95. The van der Waals surface area contributed by atoms with E-state index in [9.17, 15) is 4.79 Å². The molecule has 1 aromatic heterocycles. The molecule has 0 atom stereocenters. The van der Waals surface area contributed by atoms with Crippen molar-refractivity contribution in [3.05, 3.63) is 18.3 Å². The zero-order valence-electron chi connectivity index (χ0n) is 6.73. The predicted molar refractivity (Wildman–Crippen MR) is 52.1 cm³/mol. The van der Waals surface area contributed by atoms with E-state index in [0.717, 1.165) is 0 Å². The number of amides is 1. The van der Waals surface area contributed by atoms with Crippen molar-refractivity contribution in [1.29, 1.82) is 0 Å². The molecule has 1 aromatic rings. The molecule has 0 fully saturated rings. The van der Waals surface area contributed by atoms with Crippen LogP contribution in [0.1, 0.15) is 6.42 Å². The van der Waals surface area contributed by atoms with E-state index in [2.05, 4.69) is 27.7 Å². The van der Waals surface area contributed by atoms with Crippen LogP contribution in [0.2, 0.25) is 0 Å². The number of thiocarbonyl (C=S) groups is 1. The number of rotatable bonds is 3. The summed E-state index contributed by atoms with van der Waals surface area (Å²) in [6, 6.07) is 3.30. The van der Waals surface area contributed by atoms with Crippen molar-refractivity contribution in [2.24, 2.45) is 5.73 Å². The molecule has 0 aliphatic carbocycles. The van der Waals surface area contributed by atoms with Gasteiger partial charge in [0, 0.05) is 6.20 Å². The van der Waals surface area contributed by atoms with Gasteiger partial charge in [0.05, 0.1) is 11.4 Å². The van der Waals surface area contributed by atoms with E-state index in [1.807, 2.05) is 0 Å². The number of carbonyl (C=O) groups excluding carboxylic acids is 1. The predicted octanol–water partition coefficient (Wildman–Crippen LogP) is 0.0913. The zero-order valence-corrected chi connectivity index (χ0v) is 7.54. The topological polar surface area (TPSA) is 80.9 Å². The van der Waals surface area contributed by atoms with Gasteiger partial charge in [0.15, 0.2) is 5.82 Å². The maximum atomic E-state index is 11.1. The minimum atomic E-state index is -0.284. The quantitative estimate of drug-likeness (QED) is 0.670. The van der Waals surface area contributed by atoms with Gasteiger partial charge in [-0.25, -0.2) is 0 Å². The highest BCUT2D eigenvalue weighted by Gasteiger charge is 2.03. The third-order valence-electron chi connectivity index (χ3n) is 1.17. The number of nitrogens with zero attached hydrogens (tertiary/aromatic N) is 2. The second kappa shape index (κ2) is 4.46. The molecule has 13 heavy (non-hydrogen) atoms. The van der Waals surface area contributed by atoms with Crippen LogP contribution < -0.4 is 11.1 Å². The van der Waals surface area contributed by atoms with E-state index in [-0.39, 0.29) is 17.3 Å². The van der Waals surface area contributed by atoms with Crippen molar-refractivity contribution in [3.8, 4) is 0 Å². The van der Waals surface area contributed by atoms with E-state index in [0.29, 0.717) is 5.82 Å². The average molecular weight is 196 g/mol. The summed E-state index contributed by atoms with van der Waals surface area (Å²) >= 11 is 4.57. The third kappa shape index (κ3) is 3.57. The van der Waals surface area contributed by atoms with Crippen LogP contribution in [0, 0.1) is 0 Å². The summed E-state index contributed by atoms with van der Waals surface area (Å²) in [5.41, 5.74) is 5.18. The van der Waals surface area contributed by atoms with E-state index < -0.39 is 0 Å². The second-order valence-electron chi connectivity index (χ2n) is 2.30. The highest BCUT2D eigenvalue weighted by atomic mass is 32.1. The third-order valence-corrected chi connectivity index (χ3v) is 1.32. The molecule has 0 radical (unpaired) electrons. The van der Waals surface area contributed by atoms with Gasteiger partial charge in [-0.3, -0.25) is 4.79 Å². The normalized spacial score (nSPS) is 9.23. The smallest absolute Gasteiger partial charge is 0.232 e. The van der Waals surface area contributed by atoms with Crippen LogP contribution in [0.15, 0.2) is 18.3 Å². The first-order valence-electron chi connectivity index (χ1n) is 3.54. The van der Waals surface area contributed by atoms with Crippen LogP contribution in [-0.2, 0) is 4.79 Å². The largest absolute Gasteiger partial charge is 0.393 e. The molecule has 1 rings (SSSR count). The van der Waals surface area contributed by atoms with Gasteiger partial charge in [-0.05, 0) is 12.1 Å². The van der Waals surface area contributed by atoms with Crippen LogP contribution in [0.3, 0.4) is 0 Å². The number of aromatic nitrogens is 2. The Hall–Kier alpha value is -1.56. The molecule has 0 unspecified atom stereocenters. The molecule has 6 heteroatoms. The van der Waals surface area contributed by atoms with Crippen molar-refractivity contribution >= 4 is 28.9 Å². The summed E-state index contributed by atoms with van der Waals surface area (Å²) in [5.74, 6) is 0.108. The second-order valence-corrected chi connectivity index (χ2v) is 2.82. The number of anilines is 1. The summed E-state index contributed by atoms with van der Waals surface area (Å²) in [5, 5.41) is 9.74. The first kappa shape index (κ1) is 9.53. The molecule has 1 heterocycles. The van der Waals surface area contributed by atoms with Crippen molar-refractivity contribution in [1.82, 2.24) is 10.2 Å². The number of hydrogen-bond donors (Lipinski definition) is 2. The molecule has 0 aliphatic heterocycles. The standard InChI is InChI=1S/C7H8N4OS/c8-5(13)4-7(12)10-6-2-1-3-9-11-6/h1-3H,4H2,(H2,8,13)(H,10,11,12). The Balaban J connectivity index is 2.50. The van der Waals surface area contributed by atoms with E-state index in [1.165, 1.54) is 6.20 Å². The lowest BCUT2D eigenvalue weighted by atomic mass is 10.4. The lowest BCUT2D eigenvalue weighted by Crippen LogP contribution is -2.20. The molecule has 0 saturated heterocycles. The molecule has 68 valence electrons. The van der Waals surface area contributed by atoms with Crippen LogP contribution in [0.25, 0.3) is 0 Å². The number of carbonyl (C=O) groups is 1. The number of nitrogens with one attached hydrogen (secondary N) is 1. The molecule has 0 aromatic carbocycles. The van der Waals surface area contributed by atoms with Crippen molar-refractivity contribution in [2.45, 2.75) is 6.42 Å². The Morgan fingerprint density at radius 1 is 1.69 bits per heavy atom. The minimum absolute atomic E-state index is 0.0197. The summed E-state index contributed by atoms with van der Waals surface area (Å²) < 4.78 is 0. The Morgan fingerprint density at radius 2 is 2.46 bits per heavy atom. The maximum absolute atomic E-state index is 11.1. The maximum Gasteiger partial charge on any atom is 0.232 e. The molecule has 5 nitrogen and oxygen atoms in total. The number of hydrogen-bond acceptors (Lipinski definition) is 4. The fraction of sp³-hybridized carbons (Fsp3) is 0.143. The van der Waals surface area contributed by atoms with Crippen molar-refractivity contribution in [3.63, 3.8) is 0 Å². The SMILES string of the molecule is NC(=S)CC(=O)Nc1cccnn1. The Bertz CT molecular complexity index is 314. The van der Waals surface area contributed by atoms with Crippen molar-refractivity contribution < 1.29 is 4.79 Å². The molecular formula is C7H8N4OS. The molecular weight excluding hydrogens is 188 g/mol. The summed E-state index contributed by atoms with van der Waals surface area (Å²) in [6.07, 6.45) is 1.54. The molecule has 3 N–H and O–H groups in total. The van der Waals surface area contributed by atoms with E-state index in [4.69, 9.17) is 5.73 Å². The Morgan fingerprint density at radius 3 is 3.00 bits per heavy atom. The van der Waals surface area contributed by atoms with Gasteiger partial charge in [0.25, 0.3) is 0 Å². The van der Waals surface area contributed by atoms with E-state index >= 15 is 0 Å². The van der Waals surface area contributed by atoms with Gasteiger partial charge in [0.2, 0.25) is 5.91 Å². The van der Waals surface area contributed by atoms with Crippen LogP contribution in [0.5, 0.6) is 0 Å². The highest BCUT2D eigenvalue weighted by Crippen LogP contribution is 1.98. The van der Waals surface area contributed by atoms with Crippen molar-refractivity contribution in [2.75, 3.05) is 5.32 Å². The fourth-order valence-electron chi connectivity index (χ4n) is 0.713. The molecule has 1 amide bonds. The summed E-state index contributed by atoms with van der Waals surface area (Å²) in [7, 11) is 0. The number of nitrogens with two attached hydrogens (primary N) is 1. The Kier molecular flexibility index (Phi) is 3.27. The first-order chi connectivity index (χ1) is 6.18. The monoisotopic (exact) mass is 196 g/mol. The molecule has 0 aliphatic rings. The fourth-order valence-corrected chi connectivity index (χ4v) is 0.845. The molecule has 0 bridgehead atoms. The summed E-state index contributed by atoms with van der Waals surface area (Å²) in [6.45, 7) is 0. The van der Waals surface area contributed by atoms with Gasteiger partial charge in [-0.1, -0.05) is 12.2 Å². The van der Waals surface area contributed by atoms with E-state index in [1.54, 1.807) is 12.1 Å². The average Bonchev–Trinajstić information content (AvgIpc) is 2.04. The summed E-state index contributed by atoms with van der Waals surface area (Å²) in [4.78, 5) is 11.2. The lowest BCUT2D eigenvalue weighted by Gasteiger charge is -2.00. The van der Waals surface area contributed by atoms with Crippen LogP contribution in [0.4, 0.5) is 5.82 Å². The Labute approximate surface area is 80.3 Å². The van der Waals surface area contributed by atoms with Gasteiger partial charge in [0.1, 0.15) is 0 Å². The highest BCUT2D eigenvalue weighted by molar-refractivity contribution is 7.80.